The van der Waals surface area contributed by atoms with Gasteiger partial charge in [-0.05, 0) is 56.0 Å². The van der Waals surface area contributed by atoms with E-state index in [0.717, 1.165) is 16.6 Å². The fraction of sp³-hybridized carbons (Fsp3) is 0.300. The fourth-order valence-electron chi connectivity index (χ4n) is 7.84. The number of aryl methyl sites for hydroxylation is 1. The number of ether oxygens (including phenoxy) is 2. The van der Waals surface area contributed by atoms with Crippen LogP contribution in [0.2, 0.25) is 0 Å². The minimum absolute atomic E-state index is 0.00578. The molecule has 6 aromatic rings. The third kappa shape index (κ3) is 5.16. The number of phenols is 2. The Labute approximate surface area is 309 Å². The standard InChI is InChI=1S/C40H35N3O12/c1-7-15(2)22-12-20-28(39(52)43(22)14-24(45)42-13-21(40(53)55-6)41-38(51)17(42)4)34(48)26-18(32(20)46)9-10-19-27(26)35(49)30-31(37(19)54-5)33(47)25-16(3)8-11-23(44)29(25)36(30)50/h8-12,15,17,21,44,49H,7,13-14H2,1-6H3,(H,41,51). The molecule has 55 heavy (non-hydrogen) atoms. The Morgan fingerprint density at radius 1 is 0.836 bits per heavy atom. The fourth-order valence-corrected chi connectivity index (χ4v) is 7.84. The number of nitrogens with one attached hydrogen (secondary N) is 1. The number of benzene rings is 5. The highest BCUT2D eigenvalue weighted by molar-refractivity contribution is 6.23. The molecule has 2 heterocycles. The molecular weight excluding hydrogens is 714 g/mol. The number of rotatable bonds is 6. The average Bonchev–Trinajstić information content (AvgIpc) is 3.17. The number of fused-ring (bicyclic) bond motifs is 6. The van der Waals surface area contributed by atoms with E-state index in [9.17, 15) is 48.6 Å². The maximum atomic E-state index is 14.7. The quantitative estimate of drug-likeness (QED) is 0.127. The van der Waals surface area contributed by atoms with Crippen LogP contribution in [0.3, 0.4) is 0 Å². The van der Waals surface area contributed by atoms with Crippen LogP contribution < -0.4 is 37.3 Å². The van der Waals surface area contributed by atoms with Crippen molar-refractivity contribution in [3.8, 4) is 17.2 Å². The van der Waals surface area contributed by atoms with Crippen LogP contribution in [0.15, 0.2) is 54.3 Å². The molecule has 0 bridgehead atoms. The van der Waals surface area contributed by atoms with Crippen molar-refractivity contribution in [3.05, 3.63) is 92.8 Å². The first-order chi connectivity index (χ1) is 26.1. The molecule has 1 aliphatic rings. The molecule has 3 unspecified atom stereocenters. The van der Waals surface area contributed by atoms with Gasteiger partial charge in [-0.1, -0.05) is 19.9 Å². The van der Waals surface area contributed by atoms with Crippen LogP contribution in [0.1, 0.15) is 44.4 Å². The lowest BCUT2D eigenvalue weighted by Gasteiger charge is -2.36. The smallest absolute Gasteiger partial charge is 0.330 e. The van der Waals surface area contributed by atoms with Crippen molar-refractivity contribution in [2.45, 2.75) is 58.7 Å². The minimum Gasteiger partial charge on any atom is -0.507 e. The van der Waals surface area contributed by atoms with Crippen molar-refractivity contribution in [2.24, 2.45) is 0 Å². The molecule has 3 N–H and O–H groups in total. The van der Waals surface area contributed by atoms with Gasteiger partial charge < -0.3 is 34.5 Å². The summed E-state index contributed by atoms with van der Waals surface area (Å²) >= 11 is 0. The molecule has 1 fully saturated rings. The zero-order valence-corrected chi connectivity index (χ0v) is 30.6. The molecule has 0 saturated carbocycles. The molecule has 3 atom stereocenters. The average molecular weight is 750 g/mol. The van der Waals surface area contributed by atoms with E-state index in [1.54, 1.807) is 13.8 Å². The molecule has 0 spiro atoms. The third-order valence-electron chi connectivity index (χ3n) is 10.9. The van der Waals surface area contributed by atoms with Crippen molar-refractivity contribution >= 4 is 71.6 Å². The highest BCUT2D eigenvalue weighted by Crippen LogP contribution is 2.43. The Morgan fingerprint density at radius 2 is 1.49 bits per heavy atom. The number of phenolic OH excluding ortho intramolecular Hbond substituents is 2. The van der Waals surface area contributed by atoms with Gasteiger partial charge in [0.1, 0.15) is 35.9 Å². The highest BCUT2D eigenvalue weighted by atomic mass is 16.5. The molecule has 1 aromatic heterocycles. The molecule has 1 saturated heterocycles. The monoisotopic (exact) mass is 749 g/mol. The lowest BCUT2D eigenvalue weighted by Crippen LogP contribution is -2.63. The normalized spacial score (nSPS) is 16.6. The second-order valence-electron chi connectivity index (χ2n) is 13.9. The number of esters is 1. The molecule has 1 aliphatic heterocycles. The third-order valence-corrected chi connectivity index (χ3v) is 10.9. The van der Waals surface area contributed by atoms with Crippen molar-refractivity contribution in [1.82, 2.24) is 14.8 Å². The zero-order valence-electron chi connectivity index (χ0n) is 30.6. The zero-order chi connectivity index (χ0) is 39.9. The molecule has 15 heteroatoms. The predicted molar refractivity (Wildman–Crippen MR) is 204 cm³/mol. The van der Waals surface area contributed by atoms with Crippen LogP contribution >= 0.6 is 0 Å². The van der Waals surface area contributed by atoms with Gasteiger partial charge in [-0.2, -0.15) is 0 Å². The van der Waals surface area contributed by atoms with E-state index in [-0.39, 0.29) is 55.7 Å². The number of amides is 2. The number of carbonyl (C=O) groups excluding carboxylic acids is 3. The maximum absolute atomic E-state index is 14.7. The highest BCUT2D eigenvalue weighted by Gasteiger charge is 2.38. The van der Waals surface area contributed by atoms with Crippen LogP contribution in [0.5, 0.6) is 17.2 Å². The van der Waals surface area contributed by atoms with Crippen molar-refractivity contribution in [2.75, 3.05) is 20.8 Å². The maximum Gasteiger partial charge on any atom is 0.330 e. The number of carbonyl (C=O) groups is 3. The number of aromatic hydroxyl groups is 2. The van der Waals surface area contributed by atoms with Crippen molar-refractivity contribution in [3.63, 3.8) is 0 Å². The summed E-state index contributed by atoms with van der Waals surface area (Å²) in [5, 5.41) is 22.0. The number of piperazine rings is 1. The van der Waals surface area contributed by atoms with Crippen LogP contribution in [0, 0.1) is 6.92 Å². The van der Waals surface area contributed by atoms with Crippen molar-refractivity contribution < 1.29 is 34.1 Å². The molecule has 0 radical (unpaired) electrons. The Hall–Kier alpha value is -6.64. The Bertz CT molecular complexity index is 3020. The lowest BCUT2D eigenvalue weighted by molar-refractivity contribution is -0.153. The van der Waals surface area contributed by atoms with Gasteiger partial charge in [0.25, 0.3) is 5.56 Å². The van der Waals surface area contributed by atoms with E-state index in [2.05, 4.69) is 5.32 Å². The van der Waals surface area contributed by atoms with Gasteiger partial charge in [0.05, 0.1) is 42.3 Å². The first kappa shape index (κ1) is 36.7. The summed E-state index contributed by atoms with van der Waals surface area (Å²) in [6.45, 7) is 5.72. The minimum atomic E-state index is -1.16. The largest absolute Gasteiger partial charge is 0.507 e. The van der Waals surface area contributed by atoms with E-state index in [1.165, 1.54) is 44.4 Å². The van der Waals surface area contributed by atoms with Gasteiger partial charge in [-0.25, -0.2) is 4.79 Å². The number of pyridine rings is 1. The first-order valence-electron chi connectivity index (χ1n) is 17.5. The first-order valence-corrected chi connectivity index (χ1v) is 17.5. The van der Waals surface area contributed by atoms with E-state index in [0.29, 0.717) is 12.0 Å². The number of hydrogen-bond acceptors (Lipinski definition) is 12. The summed E-state index contributed by atoms with van der Waals surface area (Å²) in [4.78, 5) is 112. The van der Waals surface area contributed by atoms with E-state index < -0.39 is 97.3 Å². The van der Waals surface area contributed by atoms with Gasteiger partial charge >= 0.3 is 5.97 Å². The van der Waals surface area contributed by atoms with Gasteiger partial charge in [0.2, 0.25) is 22.7 Å². The van der Waals surface area contributed by atoms with Crippen LogP contribution in [0.25, 0.3) is 53.9 Å². The second-order valence-corrected chi connectivity index (χ2v) is 13.9. The van der Waals surface area contributed by atoms with Crippen molar-refractivity contribution in [1.29, 1.82) is 0 Å². The second kappa shape index (κ2) is 13.0. The topological polar surface area (TPSA) is 216 Å². The Kier molecular flexibility index (Phi) is 8.70. The summed E-state index contributed by atoms with van der Waals surface area (Å²) in [6, 6.07) is 4.59. The SMILES string of the molecule is CCC(C)c1cc2c(=O)c3ccc4c(OC)c5c(=O)c6c(C)ccc(O)c6c(=O)c5c(O)c4c3c(=O)c2c(=O)n1CC(=O)N1CC(C(=O)OC)NC(=O)C1C. The molecule has 5 aromatic carbocycles. The molecule has 282 valence electrons. The number of hydrogen-bond donors (Lipinski definition) is 3. The number of nitrogens with zero attached hydrogens (tertiary/aromatic N) is 2. The summed E-state index contributed by atoms with van der Waals surface area (Å²) in [7, 11) is 2.36. The van der Waals surface area contributed by atoms with Crippen LogP contribution in [-0.4, -0.2) is 70.3 Å². The van der Waals surface area contributed by atoms with Crippen LogP contribution in [-0.2, 0) is 25.7 Å². The van der Waals surface area contributed by atoms with Gasteiger partial charge in [-0.3, -0.25) is 33.6 Å². The van der Waals surface area contributed by atoms with Gasteiger partial charge in [0.15, 0.2) is 10.9 Å². The molecule has 7 rings (SSSR count). The molecule has 2 amide bonds. The Balaban J connectivity index is 1.57. The van der Waals surface area contributed by atoms with E-state index in [4.69, 9.17) is 9.47 Å². The number of aromatic nitrogens is 1. The van der Waals surface area contributed by atoms with Gasteiger partial charge in [0, 0.05) is 38.0 Å². The summed E-state index contributed by atoms with van der Waals surface area (Å²) in [5.41, 5.74) is -3.74. The summed E-state index contributed by atoms with van der Waals surface area (Å²) < 4.78 is 11.5. The van der Waals surface area contributed by atoms with Crippen LogP contribution in [0.4, 0.5) is 0 Å². The molecule has 0 aliphatic carbocycles. The summed E-state index contributed by atoms with van der Waals surface area (Å²) in [6.07, 6.45) is 0.465. The molecule has 15 nitrogen and oxygen atoms in total. The number of methoxy groups -OCH3 is 2. The summed E-state index contributed by atoms with van der Waals surface area (Å²) in [5.74, 6) is -4.04. The van der Waals surface area contributed by atoms with Gasteiger partial charge in [-0.15, -0.1) is 0 Å². The lowest BCUT2D eigenvalue weighted by atomic mass is 9.90. The molecular formula is C40H35N3O12. The Morgan fingerprint density at radius 3 is 2.15 bits per heavy atom. The van der Waals surface area contributed by atoms with E-state index in [1.807, 2.05) is 6.92 Å². The predicted octanol–water partition coefficient (Wildman–Crippen LogP) is 2.06. The van der Waals surface area contributed by atoms with E-state index >= 15 is 0 Å².